The van der Waals surface area contributed by atoms with E-state index in [-0.39, 0.29) is 0 Å². The van der Waals surface area contributed by atoms with Crippen LogP contribution in [0.15, 0.2) is 191 Å². The Morgan fingerprint density at radius 2 is 1.50 bits per heavy atom. The Balaban J connectivity index is 1.32. The highest BCUT2D eigenvalue weighted by Gasteiger charge is 2.15. The molecular formula is C46H40N4. The van der Waals surface area contributed by atoms with E-state index in [4.69, 9.17) is 15.7 Å². The monoisotopic (exact) mass is 648 g/mol. The van der Waals surface area contributed by atoms with E-state index >= 15 is 0 Å². The third kappa shape index (κ3) is 7.94. The molecule has 1 aromatic heterocycles. The molecule has 0 saturated heterocycles. The number of nitrogens with zero attached hydrogens (tertiary/aromatic N) is 3. The lowest BCUT2D eigenvalue weighted by atomic mass is 9.92. The van der Waals surface area contributed by atoms with E-state index in [1.165, 1.54) is 17.3 Å². The average Bonchev–Trinajstić information content (AvgIpc) is 3.44. The van der Waals surface area contributed by atoms with Gasteiger partial charge in [0.25, 0.3) is 0 Å². The van der Waals surface area contributed by atoms with Gasteiger partial charge in [-0.15, -0.1) is 0 Å². The maximum atomic E-state index is 5.46. The van der Waals surface area contributed by atoms with Crippen molar-refractivity contribution in [2.24, 2.45) is 15.7 Å². The summed E-state index contributed by atoms with van der Waals surface area (Å²) in [5.74, 6) is 0. The van der Waals surface area contributed by atoms with Crippen molar-refractivity contribution in [2.75, 3.05) is 0 Å². The maximum absolute atomic E-state index is 5.46. The fourth-order valence-electron chi connectivity index (χ4n) is 6.44. The summed E-state index contributed by atoms with van der Waals surface area (Å²) in [5, 5.41) is 0. The minimum Gasteiger partial charge on any atom is -0.405 e. The molecule has 244 valence electrons. The first kappa shape index (κ1) is 32.4. The Morgan fingerprint density at radius 3 is 2.28 bits per heavy atom. The van der Waals surface area contributed by atoms with Gasteiger partial charge in [0, 0.05) is 29.1 Å². The quantitative estimate of drug-likeness (QED) is 0.162. The van der Waals surface area contributed by atoms with Gasteiger partial charge < -0.3 is 5.73 Å². The van der Waals surface area contributed by atoms with Crippen LogP contribution in [-0.4, -0.2) is 16.9 Å². The van der Waals surface area contributed by atoms with E-state index in [1.54, 1.807) is 12.3 Å². The Kier molecular flexibility index (Phi) is 10.3. The van der Waals surface area contributed by atoms with Crippen LogP contribution in [0.25, 0.3) is 33.5 Å². The molecule has 4 nitrogen and oxygen atoms in total. The Labute approximate surface area is 295 Å². The van der Waals surface area contributed by atoms with Crippen molar-refractivity contribution >= 4 is 17.6 Å². The van der Waals surface area contributed by atoms with Crippen LogP contribution in [0.3, 0.4) is 0 Å². The summed E-state index contributed by atoms with van der Waals surface area (Å²) < 4.78 is 0. The van der Waals surface area contributed by atoms with Gasteiger partial charge in [-0.1, -0.05) is 97.1 Å². The Morgan fingerprint density at radius 1 is 0.680 bits per heavy atom. The lowest BCUT2D eigenvalue weighted by molar-refractivity contribution is 0.844. The van der Waals surface area contributed by atoms with E-state index in [9.17, 15) is 0 Å². The predicted molar refractivity (Wildman–Crippen MR) is 211 cm³/mol. The summed E-state index contributed by atoms with van der Waals surface area (Å²) in [4.78, 5) is 14.7. The Hall–Kier alpha value is -6.13. The van der Waals surface area contributed by atoms with Crippen molar-refractivity contribution in [2.45, 2.75) is 32.1 Å². The van der Waals surface area contributed by atoms with Crippen LogP contribution in [0.4, 0.5) is 5.69 Å². The second-order valence-electron chi connectivity index (χ2n) is 12.5. The molecule has 50 heavy (non-hydrogen) atoms. The van der Waals surface area contributed by atoms with E-state index in [0.29, 0.717) is 0 Å². The van der Waals surface area contributed by atoms with Crippen molar-refractivity contribution < 1.29 is 0 Å². The summed E-state index contributed by atoms with van der Waals surface area (Å²) >= 11 is 0. The highest BCUT2D eigenvalue weighted by atomic mass is 14.8. The number of hydrogen-bond donors (Lipinski definition) is 1. The highest BCUT2D eigenvalue weighted by Crippen LogP contribution is 2.33. The molecule has 5 aromatic rings. The summed E-state index contributed by atoms with van der Waals surface area (Å²) in [5.41, 5.74) is 19.6. The van der Waals surface area contributed by atoms with Crippen LogP contribution in [0, 0.1) is 0 Å². The minimum absolute atomic E-state index is 0.878. The minimum atomic E-state index is 0.878. The number of nitrogens with two attached hydrogens (primary N) is 1. The molecule has 0 saturated carbocycles. The van der Waals surface area contributed by atoms with Gasteiger partial charge in [-0.2, -0.15) is 0 Å². The van der Waals surface area contributed by atoms with E-state index in [1.807, 2.05) is 30.5 Å². The molecule has 7 rings (SSSR count). The topological polar surface area (TPSA) is 63.6 Å². The number of aromatic nitrogens is 1. The van der Waals surface area contributed by atoms with Crippen LogP contribution in [-0.2, 0) is 0 Å². The first-order valence-corrected chi connectivity index (χ1v) is 17.3. The number of aliphatic imine (C=N–C) groups is 2. The van der Waals surface area contributed by atoms with E-state index < -0.39 is 0 Å². The number of hydrogen-bond acceptors (Lipinski definition) is 4. The van der Waals surface area contributed by atoms with E-state index in [0.717, 1.165) is 93.8 Å². The molecule has 0 unspecified atom stereocenters. The first-order chi connectivity index (χ1) is 24.7. The molecule has 2 N–H and O–H groups in total. The zero-order valence-electron chi connectivity index (χ0n) is 28.1. The molecule has 0 fully saturated rings. The number of allylic oxidation sites excluding steroid dienone is 8. The molecule has 0 atom stereocenters. The van der Waals surface area contributed by atoms with Gasteiger partial charge in [0.2, 0.25) is 0 Å². The summed E-state index contributed by atoms with van der Waals surface area (Å²) in [7, 11) is 0. The zero-order chi connectivity index (χ0) is 34.0. The van der Waals surface area contributed by atoms with Crippen LogP contribution < -0.4 is 5.73 Å². The van der Waals surface area contributed by atoms with Gasteiger partial charge in [-0.05, 0) is 126 Å². The normalized spacial score (nSPS) is 15.1. The largest absolute Gasteiger partial charge is 0.405 e. The molecule has 0 radical (unpaired) electrons. The van der Waals surface area contributed by atoms with Gasteiger partial charge in [0.1, 0.15) is 0 Å². The lowest BCUT2D eigenvalue weighted by Gasteiger charge is -2.14. The van der Waals surface area contributed by atoms with Crippen molar-refractivity contribution in [3.8, 4) is 33.5 Å². The van der Waals surface area contributed by atoms with Gasteiger partial charge >= 0.3 is 0 Å². The van der Waals surface area contributed by atoms with Gasteiger partial charge in [-0.3, -0.25) is 9.98 Å². The van der Waals surface area contributed by atoms with Crippen LogP contribution in [0.1, 0.15) is 43.2 Å². The molecule has 4 heteroatoms. The number of pyridine rings is 1. The standard InChI is InChI=1S/C46H40N4/c47-26-12-28-48-43-20-11-18-39(32-43)35-22-24-36(25-23-35)40-29-41(45-21-9-10-27-49-45)31-42(30-40)46(37-15-5-2-6-16-37)50-44-19-8-7-17-38(33-44)34-13-3-1-4-14-34/h2-3,5-6,9-16,18-33H,1,4,7-8,17,47H2/b26-12-,48-28?,50-46?. The van der Waals surface area contributed by atoms with Crippen molar-refractivity contribution in [1.29, 1.82) is 0 Å². The summed E-state index contributed by atoms with van der Waals surface area (Å²) in [6.07, 6.45) is 23.7. The van der Waals surface area contributed by atoms with Gasteiger partial charge in [0.15, 0.2) is 0 Å². The summed E-state index contributed by atoms with van der Waals surface area (Å²) in [6.45, 7) is 0. The predicted octanol–water partition coefficient (Wildman–Crippen LogP) is 11.4. The van der Waals surface area contributed by atoms with Crippen molar-refractivity contribution in [1.82, 2.24) is 4.98 Å². The number of benzene rings is 4. The molecule has 0 bridgehead atoms. The molecular weight excluding hydrogens is 609 g/mol. The fraction of sp³-hybridized carbons (Fsp3) is 0.109. The average molecular weight is 649 g/mol. The van der Waals surface area contributed by atoms with Crippen LogP contribution >= 0.6 is 0 Å². The highest BCUT2D eigenvalue weighted by molar-refractivity contribution is 6.14. The smallest absolute Gasteiger partial charge is 0.0781 e. The molecule has 4 aromatic carbocycles. The molecule has 0 spiro atoms. The van der Waals surface area contributed by atoms with E-state index in [2.05, 4.69) is 126 Å². The zero-order valence-corrected chi connectivity index (χ0v) is 28.1. The second-order valence-corrected chi connectivity index (χ2v) is 12.5. The maximum Gasteiger partial charge on any atom is 0.0781 e. The molecule has 2 aliphatic carbocycles. The van der Waals surface area contributed by atoms with Crippen molar-refractivity contribution in [3.05, 3.63) is 192 Å². The Bertz CT molecular complexity index is 2160. The number of rotatable bonds is 9. The molecule has 1 heterocycles. The van der Waals surface area contributed by atoms with Gasteiger partial charge in [-0.25, -0.2) is 4.99 Å². The van der Waals surface area contributed by atoms with Crippen LogP contribution in [0.5, 0.6) is 0 Å². The SMILES string of the molecule is N/C=C\C=Nc1cccc(-c2ccc(-c3cc(C(=NC4=CCCCC(C5=CCCC=C5)=C4)c4ccccc4)cc(-c4ccccn4)c3)cc2)c1. The molecule has 0 amide bonds. The molecule has 2 aliphatic rings. The fourth-order valence-corrected chi connectivity index (χ4v) is 6.44. The third-order valence-corrected chi connectivity index (χ3v) is 8.97. The molecule has 0 aliphatic heterocycles. The van der Waals surface area contributed by atoms with Crippen LogP contribution in [0.2, 0.25) is 0 Å². The third-order valence-electron chi connectivity index (χ3n) is 8.97. The summed E-state index contributed by atoms with van der Waals surface area (Å²) in [6, 6.07) is 40.3. The lowest BCUT2D eigenvalue weighted by Crippen LogP contribution is -2.05. The second kappa shape index (κ2) is 15.8. The van der Waals surface area contributed by atoms with Crippen molar-refractivity contribution in [3.63, 3.8) is 0 Å². The first-order valence-electron chi connectivity index (χ1n) is 17.3. The van der Waals surface area contributed by atoms with Gasteiger partial charge in [0.05, 0.1) is 22.8 Å².